The topological polar surface area (TPSA) is 72.3 Å². The molecule has 1 aliphatic carbocycles. The summed E-state index contributed by atoms with van der Waals surface area (Å²) < 4.78 is 6.98. The molecule has 1 aromatic heterocycles. The van der Waals surface area contributed by atoms with E-state index in [1.165, 1.54) is 6.33 Å². The second-order valence-electron chi connectivity index (χ2n) is 5.29. The lowest BCUT2D eigenvalue weighted by Gasteiger charge is -2.27. The third kappa shape index (κ3) is 3.15. The van der Waals surface area contributed by atoms with E-state index in [1.807, 2.05) is 12.1 Å². The van der Waals surface area contributed by atoms with Crippen LogP contribution in [0.4, 0.5) is 0 Å². The van der Waals surface area contributed by atoms with Crippen LogP contribution < -0.4 is 4.74 Å². The molecule has 0 spiro atoms. The monoisotopic (exact) mass is 350 g/mol. The van der Waals surface area contributed by atoms with Gasteiger partial charge in [-0.2, -0.15) is 0 Å². The number of benzene rings is 1. The van der Waals surface area contributed by atoms with Crippen LogP contribution in [0.1, 0.15) is 25.7 Å². The minimum absolute atomic E-state index is 0.0540. The molecule has 1 heterocycles. The fourth-order valence-electron chi connectivity index (χ4n) is 2.72. The molecule has 0 unspecified atom stereocenters. The van der Waals surface area contributed by atoms with Crippen LogP contribution in [0, 0.1) is 5.92 Å². The third-order valence-electron chi connectivity index (χ3n) is 3.87. The quantitative estimate of drug-likeness (QED) is 0.917. The Morgan fingerprint density at radius 2 is 2.05 bits per heavy atom. The van der Waals surface area contributed by atoms with E-state index >= 15 is 0 Å². The van der Waals surface area contributed by atoms with Crippen molar-refractivity contribution in [1.29, 1.82) is 0 Å². The fraction of sp³-hybridized carbons (Fsp3) is 0.400. The number of rotatable bonds is 3. The molecule has 0 saturated heterocycles. The molecule has 0 aliphatic heterocycles. The summed E-state index contributed by atoms with van der Waals surface area (Å²) in [6, 6.07) is 3.83. The van der Waals surface area contributed by atoms with E-state index in [1.54, 1.807) is 6.20 Å². The van der Waals surface area contributed by atoms with Crippen LogP contribution in [0.25, 0.3) is 10.9 Å². The maximum absolute atomic E-state index is 11.0. The number of carbonyl (C=O) groups is 1. The van der Waals surface area contributed by atoms with Crippen LogP contribution >= 0.6 is 15.9 Å². The van der Waals surface area contributed by atoms with Gasteiger partial charge in [-0.05, 0) is 37.8 Å². The summed E-state index contributed by atoms with van der Waals surface area (Å²) in [5.41, 5.74) is 0.827. The van der Waals surface area contributed by atoms with Gasteiger partial charge in [-0.15, -0.1) is 0 Å². The highest BCUT2D eigenvalue weighted by Gasteiger charge is 2.27. The standard InChI is InChI=1S/C15H15BrN2O3/c16-10-5-13-12(7-17-8-18-13)14(6-10)21-11-3-1-9(2-4-11)15(19)20/h5-9,11H,1-4H2,(H,19,20). The van der Waals surface area contributed by atoms with E-state index in [0.29, 0.717) is 12.8 Å². The largest absolute Gasteiger partial charge is 0.490 e. The van der Waals surface area contributed by atoms with Gasteiger partial charge in [0.1, 0.15) is 12.1 Å². The molecule has 110 valence electrons. The van der Waals surface area contributed by atoms with Gasteiger partial charge in [-0.25, -0.2) is 9.97 Å². The smallest absolute Gasteiger partial charge is 0.306 e. The van der Waals surface area contributed by atoms with Crippen molar-refractivity contribution in [3.8, 4) is 5.75 Å². The molecular formula is C15H15BrN2O3. The Kier molecular flexibility index (Phi) is 4.05. The molecule has 5 nitrogen and oxygen atoms in total. The van der Waals surface area contributed by atoms with Crippen LogP contribution in [0.15, 0.2) is 29.1 Å². The Morgan fingerprint density at radius 1 is 1.29 bits per heavy atom. The molecule has 2 aromatic rings. The molecule has 1 fully saturated rings. The Hall–Kier alpha value is -1.69. The number of carboxylic acid groups (broad SMARTS) is 1. The first-order chi connectivity index (χ1) is 10.1. The second-order valence-corrected chi connectivity index (χ2v) is 6.20. The summed E-state index contributed by atoms with van der Waals surface area (Å²) >= 11 is 3.46. The number of carboxylic acids is 1. The Morgan fingerprint density at radius 3 is 2.76 bits per heavy atom. The molecule has 1 aliphatic rings. The summed E-state index contributed by atoms with van der Waals surface area (Å²) in [6.45, 7) is 0. The number of fused-ring (bicyclic) bond motifs is 1. The molecule has 1 N–H and O–H groups in total. The normalized spacial score (nSPS) is 22.1. The van der Waals surface area contributed by atoms with E-state index in [0.717, 1.165) is 34.0 Å². The van der Waals surface area contributed by atoms with Crippen molar-refractivity contribution in [2.45, 2.75) is 31.8 Å². The molecule has 0 atom stereocenters. The summed E-state index contributed by atoms with van der Waals surface area (Å²) in [7, 11) is 0. The third-order valence-corrected chi connectivity index (χ3v) is 4.33. The first-order valence-corrected chi connectivity index (χ1v) is 7.71. The van der Waals surface area contributed by atoms with Gasteiger partial charge in [0.15, 0.2) is 0 Å². The molecule has 1 aromatic carbocycles. The number of hydrogen-bond donors (Lipinski definition) is 1. The van der Waals surface area contributed by atoms with Crippen molar-refractivity contribution in [2.24, 2.45) is 5.92 Å². The Balaban J connectivity index is 1.78. The summed E-state index contributed by atoms with van der Waals surface area (Å²) in [6.07, 6.45) is 6.17. The van der Waals surface area contributed by atoms with Gasteiger partial charge in [0, 0.05) is 10.7 Å². The lowest BCUT2D eigenvalue weighted by Crippen LogP contribution is -2.27. The van der Waals surface area contributed by atoms with E-state index in [9.17, 15) is 4.79 Å². The van der Waals surface area contributed by atoms with E-state index in [-0.39, 0.29) is 12.0 Å². The van der Waals surface area contributed by atoms with Gasteiger partial charge < -0.3 is 9.84 Å². The number of ether oxygens (including phenoxy) is 1. The van der Waals surface area contributed by atoms with Crippen molar-refractivity contribution >= 4 is 32.8 Å². The second kappa shape index (κ2) is 5.97. The molecule has 0 amide bonds. The maximum Gasteiger partial charge on any atom is 0.306 e. The van der Waals surface area contributed by atoms with Gasteiger partial charge in [0.05, 0.1) is 22.9 Å². The predicted molar refractivity (Wildman–Crippen MR) is 81.2 cm³/mol. The van der Waals surface area contributed by atoms with Crippen molar-refractivity contribution in [2.75, 3.05) is 0 Å². The van der Waals surface area contributed by atoms with Gasteiger partial charge in [-0.1, -0.05) is 15.9 Å². The van der Waals surface area contributed by atoms with E-state index < -0.39 is 5.97 Å². The number of hydrogen-bond acceptors (Lipinski definition) is 4. The van der Waals surface area contributed by atoms with Crippen molar-refractivity contribution in [3.05, 3.63) is 29.1 Å². The van der Waals surface area contributed by atoms with Gasteiger partial charge in [-0.3, -0.25) is 4.79 Å². The fourth-order valence-corrected chi connectivity index (χ4v) is 3.15. The molecule has 0 bridgehead atoms. The zero-order chi connectivity index (χ0) is 14.8. The number of halogens is 1. The van der Waals surface area contributed by atoms with Crippen LogP contribution in [0.2, 0.25) is 0 Å². The molecule has 1 saturated carbocycles. The molecule has 3 rings (SSSR count). The minimum atomic E-state index is -0.699. The SMILES string of the molecule is O=C(O)C1CCC(Oc2cc(Br)cc3ncncc23)CC1. The maximum atomic E-state index is 11.0. The molecule has 6 heteroatoms. The number of nitrogens with zero attached hydrogens (tertiary/aromatic N) is 2. The van der Waals surface area contributed by atoms with Gasteiger partial charge in [0.2, 0.25) is 0 Å². The predicted octanol–water partition coefficient (Wildman–Crippen LogP) is 3.41. The highest BCUT2D eigenvalue weighted by molar-refractivity contribution is 9.10. The van der Waals surface area contributed by atoms with Crippen molar-refractivity contribution in [3.63, 3.8) is 0 Å². The van der Waals surface area contributed by atoms with Crippen LogP contribution in [0.3, 0.4) is 0 Å². The van der Waals surface area contributed by atoms with Crippen LogP contribution in [0.5, 0.6) is 5.75 Å². The molecular weight excluding hydrogens is 336 g/mol. The summed E-state index contributed by atoms with van der Waals surface area (Å²) in [5.74, 6) is -0.180. The highest BCUT2D eigenvalue weighted by atomic mass is 79.9. The van der Waals surface area contributed by atoms with Crippen LogP contribution in [-0.2, 0) is 4.79 Å². The average molecular weight is 351 g/mol. The lowest BCUT2D eigenvalue weighted by atomic mass is 9.87. The number of aromatic nitrogens is 2. The zero-order valence-corrected chi connectivity index (χ0v) is 12.9. The highest BCUT2D eigenvalue weighted by Crippen LogP contribution is 2.33. The molecule has 21 heavy (non-hydrogen) atoms. The summed E-state index contributed by atoms with van der Waals surface area (Å²) in [4.78, 5) is 19.3. The first-order valence-electron chi connectivity index (χ1n) is 6.92. The molecule has 0 radical (unpaired) electrons. The van der Waals surface area contributed by atoms with Gasteiger partial charge >= 0.3 is 5.97 Å². The van der Waals surface area contributed by atoms with E-state index in [2.05, 4.69) is 25.9 Å². The number of aliphatic carboxylic acids is 1. The first kappa shape index (κ1) is 14.3. The van der Waals surface area contributed by atoms with Gasteiger partial charge in [0.25, 0.3) is 0 Å². The lowest BCUT2D eigenvalue weighted by molar-refractivity contribution is -0.143. The van der Waals surface area contributed by atoms with Crippen molar-refractivity contribution < 1.29 is 14.6 Å². The average Bonchev–Trinajstić information content (AvgIpc) is 2.47. The Labute approximate surface area is 130 Å². The Bertz CT molecular complexity index is 669. The van der Waals surface area contributed by atoms with E-state index in [4.69, 9.17) is 9.84 Å². The van der Waals surface area contributed by atoms with Crippen molar-refractivity contribution in [1.82, 2.24) is 9.97 Å². The summed E-state index contributed by atoms with van der Waals surface area (Å²) in [5, 5.41) is 9.90. The minimum Gasteiger partial charge on any atom is -0.490 e. The van der Waals surface area contributed by atoms with Crippen LogP contribution in [-0.4, -0.2) is 27.1 Å². The zero-order valence-electron chi connectivity index (χ0n) is 11.3.